The van der Waals surface area contributed by atoms with Crippen molar-refractivity contribution in [2.24, 2.45) is 0 Å². The minimum Gasteiger partial charge on any atom is -0.462 e. The second-order valence-electron chi connectivity index (χ2n) is 5.55. The molecule has 0 N–H and O–H groups in total. The summed E-state index contributed by atoms with van der Waals surface area (Å²) in [7, 11) is 0. The Morgan fingerprint density at radius 3 is 2.57 bits per heavy atom. The van der Waals surface area contributed by atoms with E-state index >= 15 is 0 Å². The highest BCUT2D eigenvalue weighted by Crippen LogP contribution is 2.34. The van der Waals surface area contributed by atoms with Gasteiger partial charge in [-0.3, -0.25) is 0 Å². The van der Waals surface area contributed by atoms with E-state index in [1.807, 2.05) is 0 Å². The van der Waals surface area contributed by atoms with Gasteiger partial charge in [0.1, 0.15) is 5.56 Å². The van der Waals surface area contributed by atoms with Crippen molar-refractivity contribution in [2.75, 3.05) is 6.61 Å². The molecule has 10 heteroatoms. The Morgan fingerprint density at radius 1 is 1.18 bits per heavy atom. The number of halogens is 5. The lowest BCUT2D eigenvalue weighted by atomic mass is 10.1. The van der Waals surface area contributed by atoms with Gasteiger partial charge in [0.05, 0.1) is 28.5 Å². The van der Waals surface area contributed by atoms with Crippen molar-refractivity contribution in [2.45, 2.75) is 13.1 Å². The average molecular weight is 430 g/mol. The summed E-state index contributed by atoms with van der Waals surface area (Å²) < 4.78 is 46.1. The molecule has 0 atom stereocenters. The van der Waals surface area contributed by atoms with E-state index in [1.54, 1.807) is 24.3 Å². The van der Waals surface area contributed by atoms with Crippen LogP contribution in [0.1, 0.15) is 23.0 Å². The zero-order valence-electron chi connectivity index (χ0n) is 14.3. The Bertz CT molecular complexity index is 1040. The Morgan fingerprint density at radius 2 is 1.93 bits per heavy atom. The van der Waals surface area contributed by atoms with Crippen molar-refractivity contribution in [3.05, 3.63) is 63.9 Å². The van der Waals surface area contributed by atoms with E-state index < -0.39 is 23.4 Å². The van der Waals surface area contributed by atoms with Crippen LogP contribution in [0.3, 0.4) is 0 Å². The summed E-state index contributed by atoms with van der Waals surface area (Å²) in [5.74, 6) is -1.23. The summed E-state index contributed by atoms with van der Waals surface area (Å²) in [6.45, 7) is 1.43. The third-order valence-electron chi connectivity index (χ3n) is 3.70. The number of aromatic nitrogens is 3. The van der Waals surface area contributed by atoms with Gasteiger partial charge in [0.2, 0.25) is 0 Å². The molecule has 0 bridgehead atoms. The third kappa shape index (κ3) is 3.98. The van der Waals surface area contributed by atoms with Gasteiger partial charge in [0, 0.05) is 5.56 Å². The van der Waals surface area contributed by atoms with Crippen LogP contribution in [0.5, 0.6) is 0 Å². The van der Waals surface area contributed by atoms with Crippen LogP contribution in [0.25, 0.3) is 17.1 Å². The van der Waals surface area contributed by atoms with Gasteiger partial charge < -0.3 is 4.74 Å². The molecule has 0 aliphatic heterocycles. The molecule has 0 saturated heterocycles. The van der Waals surface area contributed by atoms with Crippen LogP contribution in [0.4, 0.5) is 13.2 Å². The molecule has 2 aromatic heterocycles. The normalized spacial score (nSPS) is 11.5. The standard InChI is InChI=1S/C18H12Cl2F3N3O2/c1-2-28-17(27)11-9-24-26(16(11)18(21,22)23)15-5-3-4-14(25-15)10-6-7-12(19)13(20)8-10/h3-9H,2H2,1H3. The quantitative estimate of drug-likeness (QED) is 0.518. The third-order valence-corrected chi connectivity index (χ3v) is 4.44. The summed E-state index contributed by atoms with van der Waals surface area (Å²) in [4.78, 5) is 16.1. The number of pyridine rings is 1. The van der Waals surface area contributed by atoms with E-state index in [0.29, 0.717) is 21.0 Å². The number of nitrogens with zero attached hydrogens (tertiary/aromatic N) is 3. The molecule has 28 heavy (non-hydrogen) atoms. The molecular formula is C18H12Cl2F3N3O2. The molecule has 2 heterocycles. The van der Waals surface area contributed by atoms with Crippen molar-refractivity contribution in [3.63, 3.8) is 0 Å². The summed E-state index contributed by atoms with van der Waals surface area (Å²) in [6, 6.07) is 9.21. The van der Waals surface area contributed by atoms with Crippen LogP contribution in [0.15, 0.2) is 42.6 Å². The van der Waals surface area contributed by atoms with E-state index in [0.717, 1.165) is 6.20 Å². The lowest BCUT2D eigenvalue weighted by Crippen LogP contribution is -2.19. The SMILES string of the molecule is CCOC(=O)c1cnn(-c2cccc(-c3ccc(Cl)c(Cl)c3)n2)c1C(F)(F)F. The monoisotopic (exact) mass is 429 g/mol. The summed E-state index contributed by atoms with van der Waals surface area (Å²) in [6.07, 6.45) is -4.03. The summed E-state index contributed by atoms with van der Waals surface area (Å²) >= 11 is 11.9. The van der Waals surface area contributed by atoms with E-state index in [1.165, 1.54) is 19.1 Å². The van der Waals surface area contributed by atoms with Crippen LogP contribution >= 0.6 is 23.2 Å². The highest BCUT2D eigenvalue weighted by atomic mass is 35.5. The number of carbonyl (C=O) groups excluding carboxylic acids is 1. The second-order valence-corrected chi connectivity index (χ2v) is 6.36. The van der Waals surface area contributed by atoms with Gasteiger partial charge in [0.15, 0.2) is 11.5 Å². The maximum absolute atomic E-state index is 13.6. The molecule has 146 valence electrons. The maximum Gasteiger partial charge on any atom is 0.434 e. The molecule has 0 radical (unpaired) electrons. The Labute approximate surface area is 167 Å². The molecule has 0 aliphatic carbocycles. The largest absolute Gasteiger partial charge is 0.462 e. The van der Waals surface area contributed by atoms with Gasteiger partial charge in [-0.25, -0.2) is 14.5 Å². The topological polar surface area (TPSA) is 57.0 Å². The van der Waals surface area contributed by atoms with Gasteiger partial charge >= 0.3 is 12.1 Å². The number of hydrogen-bond donors (Lipinski definition) is 0. The fraction of sp³-hybridized carbons (Fsp3) is 0.167. The minimum absolute atomic E-state index is 0.0631. The zero-order valence-corrected chi connectivity index (χ0v) is 15.8. The number of ether oxygens (including phenoxy) is 1. The Hall–Kier alpha value is -2.58. The Kier molecular flexibility index (Phi) is 5.62. The first-order valence-corrected chi connectivity index (χ1v) is 8.73. The first kappa shape index (κ1) is 20.2. The fourth-order valence-corrected chi connectivity index (χ4v) is 2.81. The minimum atomic E-state index is -4.85. The predicted octanol–water partition coefficient (Wildman–Crippen LogP) is 5.44. The fourth-order valence-electron chi connectivity index (χ4n) is 2.51. The lowest BCUT2D eigenvalue weighted by Gasteiger charge is -2.12. The summed E-state index contributed by atoms with van der Waals surface area (Å²) in [5.41, 5.74) is -1.03. The first-order valence-electron chi connectivity index (χ1n) is 7.97. The van der Waals surface area contributed by atoms with Gasteiger partial charge in [-0.1, -0.05) is 35.3 Å². The maximum atomic E-state index is 13.6. The van der Waals surface area contributed by atoms with Gasteiger partial charge in [-0.05, 0) is 31.2 Å². The molecule has 0 unspecified atom stereocenters. The zero-order chi connectivity index (χ0) is 20.5. The smallest absolute Gasteiger partial charge is 0.434 e. The Balaban J connectivity index is 2.12. The number of hydrogen-bond acceptors (Lipinski definition) is 4. The van der Waals surface area contributed by atoms with Crippen LogP contribution in [-0.4, -0.2) is 27.3 Å². The first-order chi connectivity index (χ1) is 13.2. The van der Waals surface area contributed by atoms with Gasteiger partial charge in [0.25, 0.3) is 0 Å². The molecule has 0 spiro atoms. The van der Waals surface area contributed by atoms with Crippen molar-refractivity contribution in [1.29, 1.82) is 0 Å². The second kappa shape index (κ2) is 7.81. The molecule has 3 aromatic rings. The highest BCUT2D eigenvalue weighted by Gasteiger charge is 2.41. The molecule has 0 amide bonds. The summed E-state index contributed by atoms with van der Waals surface area (Å²) in [5, 5.41) is 4.33. The molecule has 1 aromatic carbocycles. The van der Waals surface area contributed by atoms with Crippen LogP contribution < -0.4 is 0 Å². The van der Waals surface area contributed by atoms with Crippen LogP contribution in [0.2, 0.25) is 10.0 Å². The van der Waals surface area contributed by atoms with E-state index in [2.05, 4.69) is 10.1 Å². The molecule has 0 fully saturated rings. The number of alkyl halides is 3. The van der Waals surface area contributed by atoms with Gasteiger partial charge in [-0.2, -0.15) is 18.3 Å². The van der Waals surface area contributed by atoms with E-state index in [4.69, 9.17) is 27.9 Å². The molecular weight excluding hydrogens is 418 g/mol. The van der Waals surface area contributed by atoms with Crippen LogP contribution in [-0.2, 0) is 10.9 Å². The highest BCUT2D eigenvalue weighted by molar-refractivity contribution is 6.42. The van der Waals surface area contributed by atoms with Crippen molar-refractivity contribution < 1.29 is 22.7 Å². The van der Waals surface area contributed by atoms with Gasteiger partial charge in [-0.15, -0.1) is 0 Å². The van der Waals surface area contributed by atoms with E-state index in [9.17, 15) is 18.0 Å². The molecule has 0 aliphatic rings. The number of benzene rings is 1. The number of esters is 1. The van der Waals surface area contributed by atoms with E-state index in [-0.39, 0.29) is 17.4 Å². The molecule has 3 rings (SSSR count). The van der Waals surface area contributed by atoms with Crippen molar-refractivity contribution in [3.8, 4) is 17.1 Å². The van der Waals surface area contributed by atoms with Crippen molar-refractivity contribution in [1.82, 2.24) is 14.8 Å². The number of carbonyl (C=O) groups is 1. The molecule has 5 nitrogen and oxygen atoms in total. The van der Waals surface area contributed by atoms with Crippen molar-refractivity contribution >= 4 is 29.2 Å². The van der Waals surface area contributed by atoms with Crippen LogP contribution in [0, 0.1) is 0 Å². The molecule has 0 saturated carbocycles. The predicted molar refractivity (Wildman–Crippen MR) is 97.8 cm³/mol. The number of rotatable bonds is 4. The average Bonchev–Trinajstić information content (AvgIpc) is 3.10. The lowest BCUT2D eigenvalue weighted by molar-refractivity contribution is -0.143.